The van der Waals surface area contributed by atoms with Crippen LogP contribution in [0.2, 0.25) is 0 Å². The van der Waals surface area contributed by atoms with Crippen molar-refractivity contribution in [1.82, 2.24) is 20.2 Å². The number of fused-ring (bicyclic) bond motifs is 1. The van der Waals surface area contributed by atoms with E-state index in [0.717, 1.165) is 42.8 Å². The SMILES string of the molecule is Cc1nc2ccccc2n1CCNC(=O)C1CC(C)CCN1. The Morgan fingerprint density at radius 3 is 3.09 bits per heavy atom. The summed E-state index contributed by atoms with van der Waals surface area (Å²) in [6.07, 6.45) is 2.09. The molecule has 1 amide bonds. The first-order valence-corrected chi connectivity index (χ1v) is 8.08. The number of rotatable bonds is 4. The lowest BCUT2D eigenvalue weighted by Gasteiger charge is -2.27. The molecule has 0 radical (unpaired) electrons. The first-order chi connectivity index (χ1) is 10.6. The van der Waals surface area contributed by atoms with Gasteiger partial charge in [-0.2, -0.15) is 0 Å². The van der Waals surface area contributed by atoms with Gasteiger partial charge < -0.3 is 15.2 Å². The molecule has 5 nitrogen and oxygen atoms in total. The van der Waals surface area contributed by atoms with Crippen molar-refractivity contribution in [2.75, 3.05) is 13.1 Å². The summed E-state index contributed by atoms with van der Waals surface area (Å²) >= 11 is 0. The van der Waals surface area contributed by atoms with E-state index in [2.05, 4.69) is 33.2 Å². The Morgan fingerprint density at radius 1 is 1.45 bits per heavy atom. The highest BCUT2D eigenvalue weighted by Crippen LogP contribution is 2.16. The van der Waals surface area contributed by atoms with E-state index in [1.54, 1.807) is 0 Å². The molecule has 1 aliphatic rings. The van der Waals surface area contributed by atoms with Crippen LogP contribution in [0.4, 0.5) is 0 Å². The predicted molar refractivity (Wildman–Crippen MR) is 87.7 cm³/mol. The van der Waals surface area contributed by atoms with Gasteiger partial charge in [-0.15, -0.1) is 0 Å². The maximum absolute atomic E-state index is 12.2. The molecule has 0 saturated carbocycles. The molecule has 118 valence electrons. The monoisotopic (exact) mass is 300 g/mol. The molecule has 1 aromatic carbocycles. The quantitative estimate of drug-likeness (QED) is 0.906. The van der Waals surface area contributed by atoms with Crippen LogP contribution in [0.3, 0.4) is 0 Å². The smallest absolute Gasteiger partial charge is 0.237 e. The van der Waals surface area contributed by atoms with Crippen molar-refractivity contribution in [3.8, 4) is 0 Å². The molecular weight excluding hydrogens is 276 g/mol. The van der Waals surface area contributed by atoms with E-state index < -0.39 is 0 Å². The number of hydrogen-bond acceptors (Lipinski definition) is 3. The third-order valence-electron chi connectivity index (χ3n) is 4.46. The number of piperidine rings is 1. The molecule has 2 aromatic rings. The number of aryl methyl sites for hydroxylation is 1. The van der Waals surface area contributed by atoms with Gasteiger partial charge >= 0.3 is 0 Å². The Hall–Kier alpha value is -1.88. The number of imidazole rings is 1. The number of carbonyl (C=O) groups excluding carboxylic acids is 1. The van der Waals surface area contributed by atoms with Crippen molar-refractivity contribution in [1.29, 1.82) is 0 Å². The minimum Gasteiger partial charge on any atom is -0.353 e. The van der Waals surface area contributed by atoms with Crippen LogP contribution in [-0.2, 0) is 11.3 Å². The number of hydrogen-bond donors (Lipinski definition) is 2. The van der Waals surface area contributed by atoms with Gasteiger partial charge in [0.1, 0.15) is 5.82 Å². The van der Waals surface area contributed by atoms with Gasteiger partial charge in [0.05, 0.1) is 17.1 Å². The Labute approximate surface area is 131 Å². The molecule has 0 bridgehead atoms. The van der Waals surface area contributed by atoms with Gasteiger partial charge in [-0.25, -0.2) is 4.98 Å². The van der Waals surface area contributed by atoms with E-state index in [1.807, 2.05) is 25.1 Å². The van der Waals surface area contributed by atoms with Crippen LogP contribution in [0, 0.1) is 12.8 Å². The van der Waals surface area contributed by atoms with E-state index in [9.17, 15) is 4.79 Å². The third kappa shape index (κ3) is 3.14. The van der Waals surface area contributed by atoms with Gasteiger partial charge in [0.2, 0.25) is 5.91 Å². The molecule has 1 saturated heterocycles. The molecular formula is C17H24N4O. The number of carbonyl (C=O) groups is 1. The molecule has 3 rings (SSSR count). The van der Waals surface area contributed by atoms with E-state index >= 15 is 0 Å². The van der Waals surface area contributed by atoms with Crippen LogP contribution in [0.5, 0.6) is 0 Å². The molecule has 5 heteroatoms. The van der Waals surface area contributed by atoms with Crippen molar-refractivity contribution >= 4 is 16.9 Å². The Bertz CT molecular complexity index is 664. The minimum absolute atomic E-state index is 0.0376. The molecule has 0 aliphatic carbocycles. The zero-order chi connectivity index (χ0) is 15.5. The Kier molecular flexibility index (Phi) is 4.43. The summed E-state index contributed by atoms with van der Waals surface area (Å²) in [5.74, 6) is 1.73. The van der Waals surface area contributed by atoms with Crippen LogP contribution in [0.1, 0.15) is 25.6 Å². The summed E-state index contributed by atoms with van der Waals surface area (Å²) in [6, 6.07) is 8.07. The highest BCUT2D eigenvalue weighted by Gasteiger charge is 2.24. The second kappa shape index (κ2) is 6.48. The molecule has 0 spiro atoms. The number of aromatic nitrogens is 2. The van der Waals surface area contributed by atoms with Crippen LogP contribution in [-0.4, -0.2) is 34.6 Å². The third-order valence-corrected chi connectivity index (χ3v) is 4.46. The summed E-state index contributed by atoms with van der Waals surface area (Å²) in [7, 11) is 0. The average Bonchev–Trinajstić information content (AvgIpc) is 2.83. The average molecular weight is 300 g/mol. The summed E-state index contributed by atoms with van der Waals surface area (Å²) < 4.78 is 2.16. The van der Waals surface area contributed by atoms with Crippen molar-refractivity contribution < 1.29 is 4.79 Å². The lowest BCUT2D eigenvalue weighted by atomic mass is 9.94. The van der Waals surface area contributed by atoms with Crippen molar-refractivity contribution in [2.45, 2.75) is 39.3 Å². The second-order valence-corrected chi connectivity index (χ2v) is 6.23. The Morgan fingerprint density at radius 2 is 2.27 bits per heavy atom. The van der Waals surface area contributed by atoms with Gasteiger partial charge in [0.15, 0.2) is 0 Å². The first kappa shape index (κ1) is 15.0. The molecule has 1 fully saturated rings. The van der Waals surface area contributed by atoms with E-state index in [1.165, 1.54) is 0 Å². The fourth-order valence-electron chi connectivity index (χ4n) is 3.20. The summed E-state index contributed by atoms with van der Waals surface area (Å²) in [4.78, 5) is 16.8. The zero-order valence-corrected chi connectivity index (χ0v) is 13.3. The normalized spacial score (nSPS) is 21.9. The van der Waals surface area contributed by atoms with Gasteiger partial charge in [-0.05, 0) is 44.4 Å². The number of nitrogens with one attached hydrogen (secondary N) is 2. The van der Waals surface area contributed by atoms with Gasteiger partial charge in [0, 0.05) is 13.1 Å². The second-order valence-electron chi connectivity index (χ2n) is 6.23. The molecule has 1 aromatic heterocycles. The fraction of sp³-hybridized carbons (Fsp3) is 0.529. The maximum Gasteiger partial charge on any atom is 0.237 e. The topological polar surface area (TPSA) is 59.0 Å². The van der Waals surface area contributed by atoms with Gasteiger partial charge in [0.25, 0.3) is 0 Å². The number of nitrogens with zero attached hydrogens (tertiary/aromatic N) is 2. The van der Waals surface area contributed by atoms with Crippen LogP contribution >= 0.6 is 0 Å². The lowest BCUT2D eigenvalue weighted by molar-refractivity contribution is -0.124. The molecule has 2 atom stereocenters. The van der Waals surface area contributed by atoms with Crippen LogP contribution in [0.15, 0.2) is 24.3 Å². The fourth-order valence-corrected chi connectivity index (χ4v) is 3.20. The van der Waals surface area contributed by atoms with Gasteiger partial charge in [-0.1, -0.05) is 19.1 Å². The van der Waals surface area contributed by atoms with E-state index in [4.69, 9.17) is 0 Å². The number of benzene rings is 1. The maximum atomic E-state index is 12.2. The highest BCUT2D eigenvalue weighted by atomic mass is 16.2. The lowest BCUT2D eigenvalue weighted by Crippen LogP contribution is -2.48. The number of para-hydroxylation sites is 2. The molecule has 1 aliphatic heterocycles. The highest BCUT2D eigenvalue weighted by molar-refractivity contribution is 5.81. The van der Waals surface area contributed by atoms with Gasteiger partial charge in [-0.3, -0.25) is 4.79 Å². The first-order valence-electron chi connectivity index (χ1n) is 8.08. The number of amides is 1. The molecule has 22 heavy (non-hydrogen) atoms. The molecule has 2 N–H and O–H groups in total. The summed E-state index contributed by atoms with van der Waals surface area (Å²) in [6.45, 7) is 6.53. The van der Waals surface area contributed by atoms with E-state index in [-0.39, 0.29) is 11.9 Å². The van der Waals surface area contributed by atoms with Crippen molar-refractivity contribution in [3.63, 3.8) is 0 Å². The standard InChI is InChI=1S/C17H24N4O/c1-12-7-8-18-15(11-12)17(22)19-9-10-21-13(2)20-14-5-3-4-6-16(14)21/h3-6,12,15,18H,7-11H2,1-2H3,(H,19,22). The molecule has 2 heterocycles. The van der Waals surface area contributed by atoms with Crippen molar-refractivity contribution in [3.05, 3.63) is 30.1 Å². The van der Waals surface area contributed by atoms with Crippen LogP contribution < -0.4 is 10.6 Å². The van der Waals surface area contributed by atoms with E-state index in [0.29, 0.717) is 12.5 Å². The predicted octanol–water partition coefficient (Wildman–Crippen LogP) is 1.85. The van der Waals surface area contributed by atoms with Crippen molar-refractivity contribution in [2.24, 2.45) is 5.92 Å². The summed E-state index contributed by atoms with van der Waals surface area (Å²) in [5.41, 5.74) is 2.13. The minimum atomic E-state index is -0.0376. The van der Waals surface area contributed by atoms with Crippen LogP contribution in [0.25, 0.3) is 11.0 Å². The Balaban J connectivity index is 1.58. The summed E-state index contributed by atoms with van der Waals surface area (Å²) in [5, 5.41) is 6.36. The zero-order valence-electron chi connectivity index (χ0n) is 13.3. The largest absolute Gasteiger partial charge is 0.353 e. The molecule has 2 unspecified atom stereocenters.